The maximum Gasteiger partial charge on any atom is 0.318 e. The summed E-state index contributed by atoms with van der Waals surface area (Å²) >= 11 is 0. The third-order valence-corrected chi connectivity index (χ3v) is 10.8. The Morgan fingerprint density at radius 2 is 1.70 bits per heavy atom. The van der Waals surface area contributed by atoms with Gasteiger partial charge >= 0.3 is 6.03 Å². The lowest BCUT2D eigenvalue weighted by molar-refractivity contribution is -0.132. The van der Waals surface area contributed by atoms with Crippen molar-refractivity contribution in [3.05, 3.63) is 29.3 Å². The van der Waals surface area contributed by atoms with Gasteiger partial charge in [0.1, 0.15) is 11.6 Å². The van der Waals surface area contributed by atoms with E-state index < -0.39 is 23.2 Å². The molecule has 12 nitrogen and oxygen atoms in total. The van der Waals surface area contributed by atoms with E-state index in [1.165, 1.54) is 6.92 Å². The van der Waals surface area contributed by atoms with E-state index in [1.54, 1.807) is 4.90 Å². The molecule has 0 radical (unpaired) electrons. The molecule has 1 aromatic rings. The van der Waals surface area contributed by atoms with E-state index in [-0.39, 0.29) is 47.5 Å². The molecule has 5 amide bonds. The minimum atomic E-state index is -1.06. The van der Waals surface area contributed by atoms with Crippen molar-refractivity contribution in [2.45, 2.75) is 109 Å². The van der Waals surface area contributed by atoms with Gasteiger partial charge in [0.15, 0.2) is 5.71 Å². The van der Waals surface area contributed by atoms with Crippen molar-refractivity contribution in [1.29, 1.82) is 5.41 Å². The van der Waals surface area contributed by atoms with E-state index in [4.69, 9.17) is 5.41 Å². The Kier molecular flexibility index (Phi) is 8.82. The topological polar surface area (TPSA) is 176 Å². The largest absolute Gasteiger partial charge is 0.410 e. The highest BCUT2D eigenvalue weighted by Crippen LogP contribution is 2.51. The first-order valence-corrected chi connectivity index (χ1v) is 16.9. The fraction of sp³-hybridized carbons (Fsp3) is 0.647. The SMILES string of the molecule is CC(=N)/C(=N\O)C(=O)N[C@H](C(=O)Nc1ccc2c(c1)CC(C(=O)NC1CCCC1)(N1C[C@@H](C(C)C)NC1=O)C2)C(C1CC1)C1CC1. The standard InChI is InChI=1S/C34H47N7O5/c1-18(2)26-17-41(33(45)38-26)34(32(44)37-24-6-4-5-7-24)15-22-12-13-25(14-23(22)16-34)36-31(43)29(27(20-8-9-20)21-10-11-21)39-30(42)28(40-46)19(3)35/h12-14,18,20-21,24,26-27,29,35,46H,4-11,15-17H2,1-3H3,(H,36,43)(H,37,44)(H,38,45)(H,39,42)/b35-19?,40-28+/t26-,29-,34?/m0/s1. The summed E-state index contributed by atoms with van der Waals surface area (Å²) in [6.45, 7) is 5.94. The van der Waals surface area contributed by atoms with Gasteiger partial charge in [0.25, 0.3) is 5.91 Å². The molecule has 3 atom stereocenters. The zero-order chi connectivity index (χ0) is 32.7. The molecule has 0 bridgehead atoms. The normalized spacial score (nSPS) is 25.4. The molecule has 1 unspecified atom stereocenters. The second-order valence-corrected chi connectivity index (χ2v) is 14.5. The van der Waals surface area contributed by atoms with Crippen LogP contribution in [0.1, 0.15) is 83.3 Å². The molecule has 1 aromatic carbocycles. The summed E-state index contributed by atoms with van der Waals surface area (Å²) in [7, 11) is 0. The molecular formula is C34H47N7O5. The number of urea groups is 1. The lowest BCUT2D eigenvalue weighted by Crippen LogP contribution is -2.61. The first-order chi connectivity index (χ1) is 22.0. The highest BCUT2D eigenvalue weighted by molar-refractivity contribution is 6.65. The molecule has 1 aliphatic heterocycles. The van der Waals surface area contributed by atoms with Crippen molar-refractivity contribution in [2.24, 2.45) is 28.8 Å². The molecule has 1 heterocycles. The van der Waals surface area contributed by atoms with E-state index in [1.807, 2.05) is 18.2 Å². The van der Waals surface area contributed by atoms with Crippen LogP contribution in [0.3, 0.4) is 0 Å². The van der Waals surface area contributed by atoms with Crippen LogP contribution in [0, 0.1) is 29.1 Å². The zero-order valence-corrected chi connectivity index (χ0v) is 27.0. The van der Waals surface area contributed by atoms with Crippen LogP contribution in [0.2, 0.25) is 0 Å². The van der Waals surface area contributed by atoms with E-state index in [2.05, 4.69) is 40.3 Å². The molecule has 6 rings (SSSR count). The first-order valence-electron chi connectivity index (χ1n) is 16.9. The average Bonchev–Trinajstić information content (AvgIpc) is 3.89. The van der Waals surface area contributed by atoms with Crippen molar-refractivity contribution >= 4 is 40.9 Å². The van der Waals surface area contributed by atoms with Gasteiger partial charge in [-0.2, -0.15) is 0 Å². The van der Waals surface area contributed by atoms with Crippen LogP contribution >= 0.6 is 0 Å². The maximum atomic E-state index is 14.1. The number of hydrogen-bond donors (Lipinski definition) is 6. The van der Waals surface area contributed by atoms with Crippen LogP contribution in [0.15, 0.2) is 23.4 Å². The Balaban J connectivity index is 1.24. The lowest BCUT2D eigenvalue weighted by Gasteiger charge is -2.37. The first kappa shape index (κ1) is 32.0. The minimum absolute atomic E-state index is 0.0427. The second kappa shape index (κ2) is 12.7. The van der Waals surface area contributed by atoms with Gasteiger partial charge in [0.05, 0.1) is 11.8 Å². The van der Waals surface area contributed by atoms with Crippen molar-refractivity contribution in [3.63, 3.8) is 0 Å². The zero-order valence-electron chi connectivity index (χ0n) is 27.0. The third kappa shape index (κ3) is 6.35. The Morgan fingerprint density at radius 1 is 1.04 bits per heavy atom. The summed E-state index contributed by atoms with van der Waals surface area (Å²) in [5.41, 5.74) is 0.731. The van der Waals surface area contributed by atoms with Gasteiger partial charge in [-0.3, -0.25) is 14.4 Å². The quantitative estimate of drug-likeness (QED) is 0.117. The Labute approximate surface area is 270 Å². The Morgan fingerprint density at radius 3 is 2.26 bits per heavy atom. The van der Waals surface area contributed by atoms with E-state index >= 15 is 0 Å². The van der Waals surface area contributed by atoms with Crippen LogP contribution in [0.4, 0.5) is 10.5 Å². The van der Waals surface area contributed by atoms with Gasteiger partial charge < -0.3 is 36.8 Å². The molecule has 3 saturated carbocycles. The van der Waals surface area contributed by atoms with Crippen LogP contribution in [-0.4, -0.2) is 75.5 Å². The Bertz CT molecular complexity index is 1430. The van der Waals surface area contributed by atoms with Gasteiger partial charge in [0.2, 0.25) is 11.8 Å². The highest BCUT2D eigenvalue weighted by Gasteiger charge is 2.54. The maximum absolute atomic E-state index is 14.1. The van der Waals surface area contributed by atoms with Crippen LogP contribution in [-0.2, 0) is 27.2 Å². The molecule has 0 spiro atoms. The molecule has 248 valence electrons. The number of nitrogens with one attached hydrogen (secondary N) is 5. The van der Waals surface area contributed by atoms with Crippen molar-refractivity contribution in [3.8, 4) is 0 Å². The number of fused-ring (bicyclic) bond motifs is 1. The smallest absolute Gasteiger partial charge is 0.318 e. The summed E-state index contributed by atoms with van der Waals surface area (Å²) in [4.78, 5) is 56.1. The lowest BCUT2D eigenvalue weighted by atomic mass is 9.88. The number of oxime groups is 1. The van der Waals surface area contributed by atoms with Gasteiger partial charge in [0, 0.05) is 31.1 Å². The molecule has 6 N–H and O–H groups in total. The number of carbonyl (C=O) groups is 4. The van der Waals surface area contributed by atoms with Crippen molar-refractivity contribution in [2.75, 3.05) is 11.9 Å². The summed E-state index contributed by atoms with van der Waals surface area (Å²) < 4.78 is 0. The molecule has 12 heteroatoms. The molecular weight excluding hydrogens is 586 g/mol. The van der Waals surface area contributed by atoms with E-state index in [0.29, 0.717) is 36.9 Å². The average molecular weight is 634 g/mol. The van der Waals surface area contributed by atoms with E-state index in [0.717, 1.165) is 62.5 Å². The fourth-order valence-corrected chi connectivity index (χ4v) is 7.85. The monoisotopic (exact) mass is 633 g/mol. The van der Waals surface area contributed by atoms with Gasteiger partial charge in [-0.1, -0.05) is 37.9 Å². The van der Waals surface area contributed by atoms with Crippen LogP contribution < -0.4 is 21.3 Å². The summed E-state index contributed by atoms with van der Waals surface area (Å²) in [6.07, 6.45) is 8.77. The summed E-state index contributed by atoms with van der Waals surface area (Å²) in [5.74, 6) is -0.391. The molecule has 1 saturated heterocycles. The number of rotatable bonds is 12. The van der Waals surface area contributed by atoms with Gasteiger partial charge in [-0.15, -0.1) is 0 Å². The van der Waals surface area contributed by atoms with Gasteiger partial charge in [-0.25, -0.2) is 4.79 Å². The number of anilines is 1. The van der Waals surface area contributed by atoms with Crippen LogP contribution in [0.25, 0.3) is 0 Å². The number of carbonyl (C=O) groups excluding carboxylic acids is 4. The molecule has 0 aromatic heterocycles. The number of hydrogen-bond acceptors (Lipinski definition) is 7. The van der Waals surface area contributed by atoms with Gasteiger partial charge in [-0.05, 0) is 92.4 Å². The molecule has 5 aliphatic rings. The number of nitrogens with zero attached hydrogens (tertiary/aromatic N) is 2. The van der Waals surface area contributed by atoms with Crippen molar-refractivity contribution < 1.29 is 24.4 Å². The molecule has 4 fully saturated rings. The third-order valence-electron chi connectivity index (χ3n) is 10.8. The number of amides is 5. The fourth-order valence-electron chi connectivity index (χ4n) is 7.85. The predicted molar refractivity (Wildman–Crippen MR) is 173 cm³/mol. The molecule has 4 aliphatic carbocycles. The highest BCUT2D eigenvalue weighted by atomic mass is 16.4. The second-order valence-electron chi connectivity index (χ2n) is 14.5. The van der Waals surface area contributed by atoms with E-state index in [9.17, 15) is 24.4 Å². The van der Waals surface area contributed by atoms with Crippen LogP contribution in [0.5, 0.6) is 0 Å². The summed E-state index contributed by atoms with van der Waals surface area (Å²) in [6, 6.07) is 4.61. The predicted octanol–water partition coefficient (Wildman–Crippen LogP) is 3.36. The Hall–Kier alpha value is -3.96. The van der Waals surface area contributed by atoms with Crippen molar-refractivity contribution in [1.82, 2.24) is 20.9 Å². The molecule has 46 heavy (non-hydrogen) atoms. The summed E-state index contributed by atoms with van der Waals surface area (Å²) in [5, 5.41) is 32.3. The minimum Gasteiger partial charge on any atom is -0.410 e. The number of benzene rings is 1.